The fourth-order valence-electron chi connectivity index (χ4n) is 3.63. The molecule has 0 unspecified atom stereocenters. The van der Waals surface area contributed by atoms with E-state index in [9.17, 15) is 24.5 Å². The molecule has 0 N–H and O–H groups in total. The Kier molecular flexibility index (Phi) is 9.24. The molecule has 0 bridgehead atoms. The number of hydrogen-bond acceptors (Lipinski definition) is 7. The third-order valence-electron chi connectivity index (χ3n) is 5.24. The molecule has 164 valence electrons. The van der Waals surface area contributed by atoms with Gasteiger partial charge in [-0.15, -0.1) is 0 Å². The lowest BCUT2D eigenvalue weighted by atomic mass is 10.1. The predicted octanol–water partition coefficient (Wildman–Crippen LogP) is 3.29. The third kappa shape index (κ3) is 6.82. The number of amides is 1. The summed E-state index contributed by atoms with van der Waals surface area (Å²) >= 11 is 0. The maximum atomic E-state index is 12.8. The van der Waals surface area contributed by atoms with Crippen molar-refractivity contribution in [2.45, 2.75) is 57.4 Å². The van der Waals surface area contributed by atoms with Gasteiger partial charge in [0.15, 0.2) is 6.29 Å². The van der Waals surface area contributed by atoms with Crippen LogP contribution >= 0.6 is 0 Å². The number of nitro groups is 1. The number of carbonyl (C=O) groups excluding carboxylic acids is 3. The molecule has 9 nitrogen and oxygen atoms in total. The zero-order chi connectivity index (χ0) is 21.9. The Balaban J connectivity index is 1.90. The highest BCUT2D eigenvalue weighted by Gasteiger charge is 2.26. The van der Waals surface area contributed by atoms with Crippen LogP contribution in [0.2, 0.25) is 0 Å². The minimum Gasteiger partial charge on any atom is -0.494 e. The average molecular weight is 420 g/mol. The van der Waals surface area contributed by atoms with Gasteiger partial charge in [0.25, 0.3) is 5.69 Å². The second-order valence-corrected chi connectivity index (χ2v) is 7.29. The predicted molar refractivity (Wildman–Crippen MR) is 108 cm³/mol. The van der Waals surface area contributed by atoms with Crippen molar-refractivity contribution in [3.8, 4) is 5.75 Å². The number of ether oxygens (including phenoxy) is 2. The molecule has 0 saturated heterocycles. The SMILES string of the molecule is COC(=O)CN(C(=O)CCCOc1ccc([N+](=O)[O-])c(C=O)c1)C1CCCCCC1. The van der Waals surface area contributed by atoms with Crippen LogP contribution in [0.3, 0.4) is 0 Å². The van der Waals surface area contributed by atoms with Gasteiger partial charge in [0.1, 0.15) is 12.3 Å². The minimum atomic E-state index is -0.629. The zero-order valence-electron chi connectivity index (χ0n) is 17.2. The Hall–Kier alpha value is -2.97. The number of nitro benzene ring substituents is 1. The molecule has 9 heteroatoms. The van der Waals surface area contributed by atoms with Crippen molar-refractivity contribution in [2.75, 3.05) is 20.3 Å². The van der Waals surface area contributed by atoms with Crippen LogP contribution in [0.4, 0.5) is 5.69 Å². The Morgan fingerprint density at radius 2 is 1.93 bits per heavy atom. The fraction of sp³-hybridized carbons (Fsp3) is 0.571. The molecule has 0 radical (unpaired) electrons. The lowest BCUT2D eigenvalue weighted by Crippen LogP contribution is -2.43. The van der Waals surface area contributed by atoms with E-state index < -0.39 is 10.9 Å². The molecule has 1 fully saturated rings. The van der Waals surface area contributed by atoms with Crippen molar-refractivity contribution in [1.29, 1.82) is 0 Å². The smallest absolute Gasteiger partial charge is 0.325 e. The molecule has 1 aromatic carbocycles. The summed E-state index contributed by atoms with van der Waals surface area (Å²) in [5.41, 5.74) is -0.347. The lowest BCUT2D eigenvalue weighted by Gasteiger charge is -2.30. The van der Waals surface area contributed by atoms with E-state index in [2.05, 4.69) is 0 Å². The van der Waals surface area contributed by atoms with Crippen LogP contribution in [0.25, 0.3) is 0 Å². The number of benzene rings is 1. The van der Waals surface area contributed by atoms with E-state index in [1.807, 2.05) is 0 Å². The summed E-state index contributed by atoms with van der Waals surface area (Å²) in [6, 6.07) is 3.99. The maximum absolute atomic E-state index is 12.8. The molecule has 0 aromatic heterocycles. The molecular weight excluding hydrogens is 392 g/mol. The molecule has 1 saturated carbocycles. The van der Waals surface area contributed by atoms with Gasteiger partial charge in [-0.25, -0.2) is 0 Å². The number of aldehydes is 1. The first kappa shape index (κ1) is 23.3. The van der Waals surface area contributed by atoms with Crippen molar-refractivity contribution in [2.24, 2.45) is 0 Å². The Bertz CT molecular complexity index is 758. The van der Waals surface area contributed by atoms with Crippen LogP contribution in [0.15, 0.2) is 18.2 Å². The van der Waals surface area contributed by atoms with Crippen molar-refractivity contribution >= 4 is 23.9 Å². The van der Waals surface area contributed by atoms with E-state index in [1.54, 1.807) is 4.90 Å². The third-order valence-corrected chi connectivity index (χ3v) is 5.24. The highest BCUT2D eigenvalue weighted by molar-refractivity contribution is 5.83. The zero-order valence-corrected chi connectivity index (χ0v) is 17.2. The monoisotopic (exact) mass is 420 g/mol. The molecule has 0 aliphatic heterocycles. The van der Waals surface area contributed by atoms with E-state index in [1.165, 1.54) is 25.3 Å². The fourth-order valence-corrected chi connectivity index (χ4v) is 3.63. The van der Waals surface area contributed by atoms with E-state index in [4.69, 9.17) is 9.47 Å². The van der Waals surface area contributed by atoms with Crippen molar-refractivity contribution in [1.82, 2.24) is 4.90 Å². The first-order valence-electron chi connectivity index (χ1n) is 10.2. The van der Waals surface area contributed by atoms with Gasteiger partial charge in [0.05, 0.1) is 24.2 Å². The molecule has 1 aliphatic carbocycles. The second kappa shape index (κ2) is 11.9. The van der Waals surface area contributed by atoms with Crippen LogP contribution in [0, 0.1) is 10.1 Å². The van der Waals surface area contributed by atoms with Crippen molar-refractivity contribution < 1.29 is 28.8 Å². The summed E-state index contributed by atoms with van der Waals surface area (Å²) < 4.78 is 10.3. The summed E-state index contributed by atoms with van der Waals surface area (Å²) in [7, 11) is 1.31. The number of rotatable bonds is 10. The number of methoxy groups -OCH3 is 1. The van der Waals surface area contributed by atoms with Crippen molar-refractivity contribution in [3.63, 3.8) is 0 Å². The molecule has 0 atom stereocenters. The molecule has 0 spiro atoms. The first-order chi connectivity index (χ1) is 14.5. The Morgan fingerprint density at radius 3 is 2.53 bits per heavy atom. The Morgan fingerprint density at radius 1 is 1.23 bits per heavy atom. The van der Waals surface area contributed by atoms with Gasteiger partial charge < -0.3 is 14.4 Å². The minimum absolute atomic E-state index is 0.0461. The number of nitrogens with zero attached hydrogens (tertiary/aromatic N) is 2. The van der Waals surface area contributed by atoms with Crippen molar-refractivity contribution in [3.05, 3.63) is 33.9 Å². The van der Waals surface area contributed by atoms with E-state index in [-0.39, 0.29) is 42.8 Å². The molecule has 1 amide bonds. The van der Waals surface area contributed by atoms with Gasteiger partial charge >= 0.3 is 5.97 Å². The summed E-state index contributed by atoms with van der Waals surface area (Å²) in [6.07, 6.45) is 7.16. The first-order valence-corrected chi connectivity index (χ1v) is 10.2. The van der Waals surface area contributed by atoms with Crippen LogP contribution in [0.1, 0.15) is 61.7 Å². The van der Waals surface area contributed by atoms with Crippen LogP contribution in [-0.2, 0) is 14.3 Å². The molecule has 0 heterocycles. The van der Waals surface area contributed by atoms with E-state index in [0.29, 0.717) is 18.5 Å². The van der Waals surface area contributed by atoms with Crippen LogP contribution in [0.5, 0.6) is 5.75 Å². The van der Waals surface area contributed by atoms with Gasteiger partial charge in [-0.2, -0.15) is 0 Å². The standard InChI is InChI=1S/C21H28N2O7/c1-29-21(26)14-22(17-7-4-2-3-5-8-17)20(25)9-6-12-30-18-10-11-19(23(27)28)16(13-18)15-24/h10-11,13,15,17H,2-9,12,14H2,1H3. The summed E-state index contributed by atoms with van der Waals surface area (Å²) in [6.45, 7) is 0.157. The molecule has 30 heavy (non-hydrogen) atoms. The van der Waals surface area contributed by atoms with Gasteiger partial charge in [0, 0.05) is 18.5 Å². The van der Waals surface area contributed by atoms with E-state index >= 15 is 0 Å². The Labute approximate surface area is 175 Å². The lowest BCUT2D eigenvalue weighted by molar-refractivity contribution is -0.385. The van der Waals surface area contributed by atoms with Crippen LogP contribution < -0.4 is 4.74 Å². The summed E-state index contributed by atoms with van der Waals surface area (Å²) in [4.78, 5) is 47.5. The molecule has 1 aromatic rings. The number of hydrogen-bond donors (Lipinski definition) is 0. The largest absolute Gasteiger partial charge is 0.494 e. The number of carbonyl (C=O) groups is 3. The number of esters is 1. The van der Waals surface area contributed by atoms with Gasteiger partial charge in [-0.1, -0.05) is 25.7 Å². The van der Waals surface area contributed by atoms with E-state index in [0.717, 1.165) is 38.5 Å². The molecule has 1 aliphatic rings. The molecular formula is C21H28N2O7. The summed E-state index contributed by atoms with van der Waals surface area (Å²) in [5.74, 6) is -0.227. The average Bonchev–Trinajstić information content (AvgIpc) is 3.03. The normalized spacial score (nSPS) is 14.4. The summed E-state index contributed by atoms with van der Waals surface area (Å²) in [5, 5.41) is 10.9. The second-order valence-electron chi connectivity index (χ2n) is 7.29. The van der Waals surface area contributed by atoms with Gasteiger partial charge in [0.2, 0.25) is 5.91 Å². The molecule has 2 rings (SSSR count). The quantitative estimate of drug-likeness (QED) is 0.142. The topological polar surface area (TPSA) is 116 Å². The highest BCUT2D eigenvalue weighted by atomic mass is 16.6. The van der Waals surface area contributed by atoms with Gasteiger partial charge in [-0.05, 0) is 31.4 Å². The van der Waals surface area contributed by atoms with Crippen LogP contribution in [-0.4, -0.2) is 54.3 Å². The van der Waals surface area contributed by atoms with Gasteiger partial charge in [-0.3, -0.25) is 24.5 Å². The highest BCUT2D eigenvalue weighted by Crippen LogP contribution is 2.24. The maximum Gasteiger partial charge on any atom is 0.325 e.